The van der Waals surface area contributed by atoms with Crippen LogP contribution in [0.2, 0.25) is 0 Å². The predicted octanol–water partition coefficient (Wildman–Crippen LogP) is 1.25. The zero-order valence-corrected chi connectivity index (χ0v) is 6.47. The van der Waals surface area contributed by atoms with Gasteiger partial charge in [0.25, 0.3) is 0 Å². The molecule has 0 amide bonds. The van der Waals surface area contributed by atoms with Crippen LogP contribution in [0.5, 0.6) is 0 Å². The van der Waals surface area contributed by atoms with Crippen molar-refractivity contribution in [3.63, 3.8) is 0 Å². The summed E-state index contributed by atoms with van der Waals surface area (Å²) < 4.78 is 0.755. The molecule has 0 aromatic carbocycles. The van der Waals surface area contributed by atoms with E-state index in [1.165, 1.54) is 38.1 Å². The number of nitrogens with one attached hydrogen (secondary N) is 1. The summed E-state index contributed by atoms with van der Waals surface area (Å²) in [4.78, 5) is 0. The van der Waals surface area contributed by atoms with Gasteiger partial charge in [0.1, 0.15) is 0 Å². The fourth-order valence-electron chi connectivity index (χ4n) is 1.67. The van der Waals surface area contributed by atoms with Gasteiger partial charge >= 0.3 is 0 Å². The molecule has 2 aliphatic rings. The Kier molecular flexibility index (Phi) is 1.46. The van der Waals surface area contributed by atoms with Crippen molar-refractivity contribution in [1.29, 1.82) is 0 Å². The Bertz CT molecular complexity index is 101. The maximum Gasteiger partial charge on any atom is 0.0192 e. The van der Waals surface area contributed by atoms with E-state index in [0.29, 0.717) is 0 Å². The molecule has 0 atom stereocenters. The van der Waals surface area contributed by atoms with Crippen LogP contribution in [-0.2, 0) is 0 Å². The highest BCUT2D eigenvalue weighted by atomic mass is 32.2. The maximum absolute atomic E-state index is 3.39. The van der Waals surface area contributed by atoms with Crippen molar-refractivity contribution in [1.82, 2.24) is 5.32 Å². The maximum atomic E-state index is 3.39. The van der Waals surface area contributed by atoms with Crippen LogP contribution in [0.4, 0.5) is 0 Å². The van der Waals surface area contributed by atoms with Crippen LogP contribution in [0.25, 0.3) is 0 Å². The van der Waals surface area contributed by atoms with Crippen molar-refractivity contribution in [2.24, 2.45) is 0 Å². The molecule has 2 fully saturated rings. The van der Waals surface area contributed by atoms with Crippen molar-refractivity contribution in [3.05, 3.63) is 0 Å². The normalized spacial score (nSPS) is 32.0. The molecular weight excluding hydrogens is 130 g/mol. The summed E-state index contributed by atoms with van der Waals surface area (Å²) >= 11 is 2.19. The van der Waals surface area contributed by atoms with Crippen molar-refractivity contribution in [3.8, 4) is 0 Å². The number of piperidine rings is 1. The lowest BCUT2D eigenvalue weighted by molar-refractivity contribution is 0.388. The molecular formula is C7H13NS. The molecule has 0 bridgehead atoms. The third-order valence-electron chi connectivity index (χ3n) is 2.48. The van der Waals surface area contributed by atoms with E-state index < -0.39 is 0 Å². The third kappa shape index (κ3) is 0.987. The van der Waals surface area contributed by atoms with Gasteiger partial charge in [-0.1, -0.05) is 0 Å². The van der Waals surface area contributed by atoms with Crippen LogP contribution in [0.15, 0.2) is 0 Å². The fourth-order valence-corrected chi connectivity index (χ4v) is 2.94. The molecule has 0 aliphatic carbocycles. The minimum atomic E-state index is 0.755. The van der Waals surface area contributed by atoms with E-state index >= 15 is 0 Å². The van der Waals surface area contributed by atoms with Gasteiger partial charge in [0.05, 0.1) is 0 Å². The number of rotatable bonds is 0. The molecule has 2 heterocycles. The highest BCUT2D eigenvalue weighted by Crippen LogP contribution is 2.46. The summed E-state index contributed by atoms with van der Waals surface area (Å²) in [7, 11) is 0. The molecule has 9 heavy (non-hydrogen) atoms. The summed E-state index contributed by atoms with van der Waals surface area (Å²) in [6.45, 7) is 2.51. The van der Waals surface area contributed by atoms with Crippen LogP contribution < -0.4 is 5.32 Å². The van der Waals surface area contributed by atoms with Crippen molar-refractivity contribution in [2.75, 3.05) is 18.8 Å². The summed E-state index contributed by atoms with van der Waals surface area (Å²) in [6, 6.07) is 0. The average molecular weight is 143 g/mol. The summed E-state index contributed by atoms with van der Waals surface area (Å²) in [5.41, 5.74) is 0. The lowest BCUT2D eigenvalue weighted by Crippen LogP contribution is -2.44. The quantitative estimate of drug-likeness (QED) is 0.547. The van der Waals surface area contributed by atoms with Gasteiger partial charge < -0.3 is 5.32 Å². The first-order chi connectivity index (χ1) is 4.41. The molecule has 52 valence electrons. The van der Waals surface area contributed by atoms with E-state index in [4.69, 9.17) is 0 Å². The van der Waals surface area contributed by atoms with E-state index in [1.807, 2.05) is 0 Å². The monoisotopic (exact) mass is 143 g/mol. The molecule has 0 aromatic rings. The first kappa shape index (κ1) is 6.05. The zero-order chi connectivity index (χ0) is 6.16. The van der Waals surface area contributed by atoms with Gasteiger partial charge in [0.2, 0.25) is 0 Å². The number of thioether (sulfide) groups is 1. The molecule has 2 aliphatic heterocycles. The molecule has 2 saturated heterocycles. The van der Waals surface area contributed by atoms with Crippen LogP contribution in [-0.4, -0.2) is 23.6 Å². The number of hydrogen-bond acceptors (Lipinski definition) is 2. The summed E-state index contributed by atoms with van der Waals surface area (Å²) in [5, 5.41) is 3.39. The average Bonchev–Trinajstić information content (AvgIpc) is 1.87. The van der Waals surface area contributed by atoms with Gasteiger partial charge in [-0.05, 0) is 38.1 Å². The van der Waals surface area contributed by atoms with Gasteiger partial charge in [-0.2, -0.15) is 11.8 Å². The third-order valence-corrected chi connectivity index (χ3v) is 4.11. The predicted molar refractivity (Wildman–Crippen MR) is 41.9 cm³/mol. The largest absolute Gasteiger partial charge is 0.317 e. The van der Waals surface area contributed by atoms with Crippen LogP contribution in [0.1, 0.15) is 19.3 Å². The first-order valence-electron chi connectivity index (χ1n) is 3.76. The van der Waals surface area contributed by atoms with E-state index in [1.54, 1.807) is 0 Å². The lowest BCUT2D eigenvalue weighted by Gasteiger charge is -2.44. The highest BCUT2D eigenvalue weighted by molar-refractivity contribution is 8.02. The molecule has 1 N–H and O–H groups in total. The topological polar surface area (TPSA) is 12.0 Å². The van der Waals surface area contributed by atoms with Gasteiger partial charge in [-0.15, -0.1) is 0 Å². The Labute approximate surface area is 60.6 Å². The second-order valence-electron chi connectivity index (χ2n) is 3.03. The molecule has 2 heteroatoms. The second-order valence-corrected chi connectivity index (χ2v) is 4.59. The molecule has 1 nitrogen and oxygen atoms in total. The minimum Gasteiger partial charge on any atom is -0.317 e. The van der Waals surface area contributed by atoms with E-state index in [-0.39, 0.29) is 0 Å². The van der Waals surface area contributed by atoms with Gasteiger partial charge in [-0.3, -0.25) is 0 Å². The Hall–Kier alpha value is 0.310. The summed E-state index contributed by atoms with van der Waals surface area (Å²) in [6.07, 6.45) is 4.31. The molecule has 0 saturated carbocycles. The Morgan fingerprint density at radius 3 is 2.11 bits per heavy atom. The van der Waals surface area contributed by atoms with Crippen LogP contribution in [0, 0.1) is 0 Å². The van der Waals surface area contributed by atoms with Gasteiger partial charge in [-0.25, -0.2) is 0 Å². The molecule has 0 radical (unpaired) electrons. The Balaban J connectivity index is 1.93. The van der Waals surface area contributed by atoms with Crippen LogP contribution >= 0.6 is 11.8 Å². The fraction of sp³-hybridized carbons (Fsp3) is 1.00. The van der Waals surface area contributed by atoms with E-state index in [9.17, 15) is 0 Å². The standard InChI is InChI=1S/C7H13NS/c1-4-8-5-2-7(1)3-6-9-7/h8H,1-6H2. The lowest BCUT2D eigenvalue weighted by atomic mass is 9.93. The summed E-state index contributed by atoms with van der Waals surface area (Å²) in [5.74, 6) is 1.42. The minimum absolute atomic E-state index is 0.755. The van der Waals surface area contributed by atoms with Crippen molar-refractivity contribution < 1.29 is 0 Å². The molecule has 0 unspecified atom stereocenters. The van der Waals surface area contributed by atoms with E-state index in [2.05, 4.69) is 17.1 Å². The van der Waals surface area contributed by atoms with Crippen molar-refractivity contribution >= 4 is 11.8 Å². The molecule has 2 rings (SSSR count). The second kappa shape index (κ2) is 2.17. The first-order valence-corrected chi connectivity index (χ1v) is 4.75. The van der Waals surface area contributed by atoms with Gasteiger partial charge in [0, 0.05) is 4.75 Å². The van der Waals surface area contributed by atoms with Crippen molar-refractivity contribution in [2.45, 2.75) is 24.0 Å². The molecule has 0 aromatic heterocycles. The Morgan fingerprint density at radius 2 is 1.78 bits per heavy atom. The number of hydrogen-bond donors (Lipinski definition) is 1. The zero-order valence-electron chi connectivity index (χ0n) is 5.65. The van der Waals surface area contributed by atoms with E-state index in [0.717, 1.165) is 4.75 Å². The SMILES string of the molecule is C1CC2(CCN1)CCS2. The van der Waals surface area contributed by atoms with Crippen LogP contribution in [0.3, 0.4) is 0 Å². The molecule has 1 spiro atoms. The smallest absolute Gasteiger partial charge is 0.0192 e. The highest BCUT2D eigenvalue weighted by Gasteiger charge is 2.38. The Morgan fingerprint density at radius 1 is 1.11 bits per heavy atom. The van der Waals surface area contributed by atoms with Gasteiger partial charge in [0.15, 0.2) is 0 Å².